The van der Waals surface area contributed by atoms with Gasteiger partial charge in [-0.05, 0) is 32.0 Å². The molecule has 21 heavy (non-hydrogen) atoms. The zero-order chi connectivity index (χ0) is 15.2. The molecule has 0 spiro atoms. The number of benzene rings is 1. The van der Waals surface area contributed by atoms with E-state index in [1.165, 1.54) is 10.5 Å². The molecule has 1 unspecified atom stereocenters. The van der Waals surface area contributed by atoms with Crippen LogP contribution in [0.2, 0.25) is 5.02 Å². The number of nitrogens with zero attached hydrogens (tertiary/aromatic N) is 2. The average molecular weight is 324 g/mol. The van der Waals surface area contributed by atoms with E-state index >= 15 is 0 Å². The largest absolute Gasteiger partial charge is 0.308 e. The van der Waals surface area contributed by atoms with Crippen molar-refractivity contribution in [3.05, 3.63) is 46.7 Å². The second kappa shape index (κ2) is 7.87. The van der Waals surface area contributed by atoms with Crippen LogP contribution in [0.5, 0.6) is 0 Å². The number of aromatic nitrogens is 2. The first-order valence-electron chi connectivity index (χ1n) is 7.22. The summed E-state index contributed by atoms with van der Waals surface area (Å²) in [5, 5.41) is 8.55. The van der Waals surface area contributed by atoms with Gasteiger partial charge in [-0.25, -0.2) is 0 Å². The molecule has 0 bridgehead atoms. The van der Waals surface area contributed by atoms with E-state index in [9.17, 15) is 0 Å². The average Bonchev–Trinajstić information content (AvgIpc) is 2.79. The first kappa shape index (κ1) is 16.4. The first-order chi connectivity index (χ1) is 10.1. The summed E-state index contributed by atoms with van der Waals surface area (Å²) in [5.74, 6) is 0.933. The van der Waals surface area contributed by atoms with E-state index in [0.717, 1.165) is 29.4 Å². The predicted molar refractivity (Wildman–Crippen MR) is 91.2 cm³/mol. The van der Waals surface area contributed by atoms with E-state index < -0.39 is 0 Å². The number of hydrogen-bond acceptors (Lipinski definition) is 3. The van der Waals surface area contributed by atoms with Gasteiger partial charge in [-0.1, -0.05) is 36.2 Å². The van der Waals surface area contributed by atoms with Crippen molar-refractivity contribution in [2.75, 3.05) is 12.3 Å². The molecule has 5 heteroatoms. The van der Waals surface area contributed by atoms with E-state index in [4.69, 9.17) is 11.6 Å². The van der Waals surface area contributed by atoms with Crippen molar-refractivity contribution in [2.24, 2.45) is 7.05 Å². The smallest absolute Gasteiger partial charge is 0.0834 e. The van der Waals surface area contributed by atoms with Crippen molar-refractivity contribution in [1.82, 2.24) is 15.1 Å². The van der Waals surface area contributed by atoms with Crippen LogP contribution in [0.15, 0.2) is 35.4 Å². The summed E-state index contributed by atoms with van der Waals surface area (Å²) in [6.45, 7) is 5.26. The summed E-state index contributed by atoms with van der Waals surface area (Å²) in [6, 6.07) is 8.79. The second-order valence-corrected chi connectivity index (χ2v) is 6.64. The van der Waals surface area contributed by atoms with Gasteiger partial charge in [-0.3, -0.25) is 4.68 Å². The van der Waals surface area contributed by atoms with Gasteiger partial charge < -0.3 is 5.32 Å². The molecule has 2 aromatic rings. The molecule has 1 heterocycles. The van der Waals surface area contributed by atoms with Crippen LogP contribution >= 0.6 is 23.4 Å². The Morgan fingerprint density at radius 2 is 2.24 bits per heavy atom. The van der Waals surface area contributed by atoms with Gasteiger partial charge in [-0.2, -0.15) is 5.10 Å². The highest BCUT2D eigenvalue weighted by Crippen LogP contribution is 2.28. The summed E-state index contributed by atoms with van der Waals surface area (Å²) in [5.41, 5.74) is 2.35. The lowest BCUT2D eigenvalue weighted by molar-refractivity contribution is 0.535. The van der Waals surface area contributed by atoms with Crippen LogP contribution in [-0.2, 0) is 7.05 Å². The van der Waals surface area contributed by atoms with Crippen LogP contribution in [0.1, 0.15) is 30.6 Å². The van der Waals surface area contributed by atoms with E-state index in [0.29, 0.717) is 0 Å². The van der Waals surface area contributed by atoms with Crippen molar-refractivity contribution in [3.8, 4) is 0 Å². The molecule has 0 radical (unpaired) electrons. The summed E-state index contributed by atoms with van der Waals surface area (Å²) in [6.07, 6.45) is 2.82. The minimum absolute atomic E-state index is 0.204. The van der Waals surface area contributed by atoms with Gasteiger partial charge in [0.05, 0.1) is 23.0 Å². The molecule has 0 fully saturated rings. The molecule has 1 aromatic carbocycles. The monoisotopic (exact) mass is 323 g/mol. The van der Waals surface area contributed by atoms with Gasteiger partial charge in [0.2, 0.25) is 0 Å². The number of halogens is 1. The van der Waals surface area contributed by atoms with Gasteiger partial charge in [0, 0.05) is 17.7 Å². The highest BCUT2D eigenvalue weighted by molar-refractivity contribution is 7.99. The van der Waals surface area contributed by atoms with E-state index in [1.54, 1.807) is 6.20 Å². The molecule has 0 aliphatic rings. The molecule has 0 saturated carbocycles. The lowest BCUT2D eigenvalue weighted by Gasteiger charge is -2.19. The Kier molecular flexibility index (Phi) is 6.15. The summed E-state index contributed by atoms with van der Waals surface area (Å²) in [7, 11) is 1.94. The van der Waals surface area contributed by atoms with Gasteiger partial charge >= 0.3 is 0 Å². The molecule has 0 saturated heterocycles. The van der Waals surface area contributed by atoms with Gasteiger partial charge in [-0.15, -0.1) is 11.8 Å². The molecular formula is C16H22ClN3S. The van der Waals surface area contributed by atoms with Crippen molar-refractivity contribution in [2.45, 2.75) is 31.2 Å². The fraction of sp³-hybridized carbons (Fsp3) is 0.438. The maximum absolute atomic E-state index is 6.29. The normalized spacial score (nSPS) is 12.6. The Hall–Kier alpha value is -0.970. The Morgan fingerprint density at radius 1 is 1.43 bits per heavy atom. The van der Waals surface area contributed by atoms with E-state index in [-0.39, 0.29) is 6.04 Å². The molecular weight excluding hydrogens is 302 g/mol. The highest BCUT2D eigenvalue weighted by atomic mass is 35.5. The quantitative estimate of drug-likeness (QED) is 0.774. The van der Waals surface area contributed by atoms with Crippen molar-refractivity contribution in [3.63, 3.8) is 0 Å². The molecule has 0 aliphatic heterocycles. The lowest BCUT2D eigenvalue weighted by Crippen LogP contribution is -2.26. The molecule has 0 amide bonds. The SMILES string of the molecule is CCCNC(CSc1cccc(C)c1)c1c(Cl)cnn1C. The van der Waals surface area contributed by atoms with Crippen LogP contribution in [-0.4, -0.2) is 22.1 Å². The highest BCUT2D eigenvalue weighted by Gasteiger charge is 2.18. The predicted octanol–water partition coefficient (Wildman–Crippen LogP) is 4.21. The minimum Gasteiger partial charge on any atom is -0.308 e. The molecule has 114 valence electrons. The fourth-order valence-corrected chi connectivity index (χ4v) is 3.63. The summed E-state index contributed by atoms with van der Waals surface area (Å²) < 4.78 is 1.87. The van der Waals surface area contributed by atoms with Crippen LogP contribution in [0.25, 0.3) is 0 Å². The minimum atomic E-state index is 0.204. The van der Waals surface area contributed by atoms with Gasteiger partial charge in [0.25, 0.3) is 0 Å². The molecule has 1 atom stereocenters. The maximum atomic E-state index is 6.29. The number of nitrogens with one attached hydrogen (secondary N) is 1. The maximum Gasteiger partial charge on any atom is 0.0834 e. The molecule has 0 aliphatic carbocycles. The number of hydrogen-bond donors (Lipinski definition) is 1. The first-order valence-corrected chi connectivity index (χ1v) is 8.58. The number of rotatable bonds is 7. The Balaban J connectivity index is 2.10. The molecule has 3 nitrogen and oxygen atoms in total. The van der Waals surface area contributed by atoms with Crippen molar-refractivity contribution < 1.29 is 0 Å². The number of aryl methyl sites for hydroxylation is 2. The van der Waals surface area contributed by atoms with Crippen molar-refractivity contribution >= 4 is 23.4 Å². The van der Waals surface area contributed by atoms with E-state index in [1.807, 2.05) is 23.5 Å². The second-order valence-electron chi connectivity index (χ2n) is 5.14. The van der Waals surface area contributed by atoms with Crippen LogP contribution in [0.3, 0.4) is 0 Å². The summed E-state index contributed by atoms with van der Waals surface area (Å²) in [4.78, 5) is 1.29. The molecule has 1 N–H and O–H groups in total. The third kappa shape index (κ3) is 4.50. The zero-order valence-electron chi connectivity index (χ0n) is 12.8. The van der Waals surface area contributed by atoms with Gasteiger partial charge in [0.1, 0.15) is 0 Å². The van der Waals surface area contributed by atoms with Crippen LogP contribution < -0.4 is 5.32 Å². The Morgan fingerprint density at radius 3 is 2.86 bits per heavy atom. The third-order valence-corrected chi connectivity index (χ3v) is 4.69. The topological polar surface area (TPSA) is 29.9 Å². The van der Waals surface area contributed by atoms with Crippen LogP contribution in [0.4, 0.5) is 0 Å². The number of thioether (sulfide) groups is 1. The van der Waals surface area contributed by atoms with Crippen molar-refractivity contribution in [1.29, 1.82) is 0 Å². The Bertz CT molecular complexity index is 563. The summed E-state index contributed by atoms with van der Waals surface area (Å²) >= 11 is 8.14. The fourth-order valence-electron chi connectivity index (χ4n) is 2.25. The third-order valence-electron chi connectivity index (χ3n) is 3.31. The Labute approximate surface area is 136 Å². The van der Waals surface area contributed by atoms with Gasteiger partial charge in [0.15, 0.2) is 0 Å². The zero-order valence-corrected chi connectivity index (χ0v) is 14.3. The molecule has 1 aromatic heterocycles. The molecule has 2 rings (SSSR count). The van der Waals surface area contributed by atoms with Crippen LogP contribution in [0, 0.1) is 6.92 Å². The lowest BCUT2D eigenvalue weighted by atomic mass is 10.2. The van der Waals surface area contributed by atoms with E-state index in [2.05, 4.69) is 48.5 Å². The standard InChI is InChI=1S/C16H22ClN3S/c1-4-8-18-15(16-14(17)10-19-20(16)3)11-21-13-7-5-6-12(2)9-13/h5-7,9-10,15,18H,4,8,11H2,1-3H3.